The van der Waals surface area contributed by atoms with Gasteiger partial charge in [-0.25, -0.2) is 0 Å². The molecule has 0 radical (unpaired) electrons. The van der Waals surface area contributed by atoms with Crippen LogP contribution in [0.4, 0.5) is 0 Å². The molecular formula is C14H21NO. The third kappa shape index (κ3) is 3.70. The van der Waals surface area contributed by atoms with Gasteiger partial charge in [-0.05, 0) is 30.5 Å². The van der Waals surface area contributed by atoms with Crippen molar-refractivity contribution in [3.8, 4) is 5.75 Å². The molecule has 0 heterocycles. The average molecular weight is 219 g/mol. The zero-order chi connectivity index (χ0) is 12.0. The Hall–Kier alpha value is -1.28. The van der Waals surface area contributed by atoms with E-state index in [1.165, 1.54) is 5.57 Å². The highest BCUT2D eigenvalue weighted by Gasteiger charge is 2.01. The first-order valence-electron chi connectivity index (χ1n) is 5.80. The van der Waals surface area contributed by atoms with Crippen LogP contribution < -0.4 is 10.5 Å². The van der Waals surface area contributed by atoms with Crippen molar-refractivity contribution in [2.75, 3.05) is 13.2 Å². The maximum Gasteiger partial charge on any atom is 0.119 e. The van der Waals surface area contributed by atoms with Gasteiger partial charge in [0, 0.05) is 6.54 Å². The lowest BCUT2D eigenvalue weighted by Crippen LogP contribution is -2.08. The molecule has 2 N–H and O–H groups in total. The van der Waals surface area contributed by atoms with Crippen molar-refractivity contribution >= 4 is 6.08 Å². The molecule has 0 spiro atoms. The summed E-state index contributed by atoms with van der Waals surface area (Å²) < 4.78 is 5.46. The highest BCUT2D eigenvalue weighted by Crippen LogP contribution is 2.18. The molecule has 0 saturated carbocycles. The largest absolute Gasteiger partial charge is 0.494 e. The SMILES string of the molecule is CCOc1cccc(C=C(CN)C(C)C)c1. The lowest BCUT2D eigenvalue weighted by molar-refractivity contribution is 0.340. The monoisotopic (exact) mass is 219 g/mol. The Morgan fingerprint density at radius 3 is 2.75 bits per heavy atom. The maximum atomic E-state index is 5.72. The molecule has 0 bridgehead atoms. The second-order valence-electron chi connectivity index (χ2n) is 4.08. The summed E-state index contributed by atoms with van der Waals surface area (Å²) in [6.45, 7) is 7.61. The zero-order valence-electron chi connectivity index (χ0n) is 10.4. The van der Waals surface area contributed by atoms with Crippen molar-refractivity contribution in [2.24, 2.45) is 11.7 Å². The normalized spacial score (nSPS) is 11.9. The lowest BCUT2D eigenvalue weighted by Gasteiger charge is -2.09. The number of hydrogen-bond acceptors (Lipinski definition) is 2. The van der Waals surface area contributed by atoms with Gasteiger partial charge in [-0.2, -0.15) is 0 Å². The molecule has 1 aromatic carbocycles. The van der Waals surface area contributed by atoms with E-state index in [1.807, 2.05) is 25.1 Å². The van der Waals surface area contributed by atoms with Crippen molar-refractivity contribution in [1.29, 1.82) is 0 Å². The molecule has 0 saturated heterocycles. The summed E-state index contributed by atoms with van der Waals surface area (Å²) >= 11 is 0. The number of benzene rings is 1. The van der Waals surface area contributed by atoms with Crippen molar-refractivity contribution in [1.82, 2.24) is 0 Å². The van der Waals surface area contributed by atoms with Gasteiger partial charge in [-0.15, -0.1) is 0 Å². The van der Waals surface area contributed by atoms with Crippen LogP contribution in [0.2, 0.25) is 0 Å². The standard InChI is InChI=1S/C14H21NO/c1-4-16-14-7-5-6-12(9-14)8-13(10-15)11(2)3/h5-9,11H,4,10,15H2,1-3H3. The van der Waals surface area contributed by atoms with Crippen LogP contribution >= 0.6 is 0 Å². The van der Waals surface area contributed by atoms with E-state index in [9.17, 15) is 0 Å². The molecule has 0 unspecified atom stereocenters. The molecule has 1 aromatic rings. The predicted molar refractivity (Wildman–Crippen MR) is 69.5 cm³/mol. The number of rotatable bonds is 5. The van der Waals surface area contributed by atoms with Gasteiger partial charge in [0.15, 0.2) is 0 Å². The average Bonchev–Trinajstić information content (AvgIpc) is 2.26. The van der Waals surface area contributed by atoms with Gasteiger partial charge in [0.2, 0.25) is 0 Å². The quantitative estimate of drug-likeness (QED) is 0.826. The molecule has 2 heteroatoms. The Kier molecular flexibility index (Phi) is 5.06. The van der Waals surface area contributed by atoms with Gasteiger partial charge >= 0.3 is 0 Å². The topological polar surface area (TPSA) is 35.2 Å². The predicted octanol–water partition coefficient (Wildman–Crippen LogP) is 3.08. The Morgan fingerprint density at radius 2 is 2.19 bits per heavy atom. The van der Waals surface area contributed by atoms with Crippen LogP contribution in [0.3, 0.4) is 0 Å². The molecule has 2 nitrogen and oxygen atoms in total. The molecule has 0 aliphatic heterocycles. The fourth-order valence-corrected chi connectivity index (χ4v) is 1.54. The third-order valence-corrected chi connectivity index (χ3v) is 2.50. The van der Waals surface area contributed by atoms with Crippen molar-refractivity contribution in [3.63, 3.8) is 0 Å². The molecule has 88 valence electrons. The highest BCUT2D eigenvalue weighted by atomic mass is 16.5. The molecule has 0 aliphatic rings. The summed E-state index contributed by atoms with van der Waals surface area (Å²) in [6.07, 6.45) is 2.15. The van der Waals surface area contributed by atoms with E-state index in [0.717, 1.165) is 11.3 Å². The van der Waals surface area contributed by atoms with Crippen molar-refractivity contribution in [2.45, 2.75) is 20.8 Å². The zero-order valence-corrected chi connectivity index (χ0v) is 10.4. The first kappa shape index (κ1) is 12.8. The van der Waals surface area contributed by atoms with Crippen LogP contribution in [-0.4, -0.2) is 13.2 Å². The van der Waals surface area contributed by atoms with Gasteiger partial charge in [-0.3, -0.25) is 0 Å². The third-order valence-electron chi connectivity index (χ3n) is 2.50. The molecular weight excluding hydrogens is 198 g/mol. The Balaban J connectivity index is 2.91. The van der Waals surface area contributed by atoms with E-state index in [4.69, 9.17) is 10.5 Å². The minimum Gasteiger partial charge on any atom is -0.494 e. The van der Waals surface area contributed by atoms with Gasteiger partial charge < -0.3 is 10.5 Å². The van der Waals surface area contributed by atoms with Crippen LogP contribution in [0.5, 0.6) is 5.75 Å². The lowest BCUT2D eigenvalue weighted by atomic mass is 10.0. The van der Waals surface area contributed by atoms with E-state index in [1.54, 1.807) is 0 Å². The van der Waals surface area contributed by atoms with Crippen molar-refractivity contribution < 1.29 is 4.74 Å². The summed E-state index contributed by atoms with van der Waals surface area (Å²) in [7, 11) is 0. The number of hydrogen-bond donors (Lipinski definition) is 1. The summed E-state index contributed by atoms with van der Waals surface area (Å²) in [5.74, 6) is 1.40. The molecule has 0 atom stereocenters. The molecule has 0 amide bonds. The fraction of sp³-hybridized carbons (Fsp3) is 0.429. The van der Waals surface area contributed by atoms with Crippen LogP contribution in [0, 0.1) is 5.92 Å². The molecule has 1 rings (SSSR count). The van der Waals surface area contributed by atoms with Crippen LogP contribution in [0.25, 0.3) is 6.08 Å². The first-order chi connectivity index (χ1) is 7.67. The van der Waals surface area contributed by atoms with Gasteiger partial charge in [0.05, 0.1) is 6.61 Å². The summed E-state index contributed by atoms with van der Waals surface area (Å²) in [4.78, 5) is 0. The minimum absolute atomic E-state index is 0.487. The Labute approximate surface area is 98.1 Å². The van der Waals surface area contributed by atoms with Gasteiger partial charge in [0.25, 0.3) is 0 Å². The fourth-order valence-electron chi connectivity index (χ4n) is 1.54. The first-order valence-corrected chi connectivity index (χ1v) is 5.80. The number of ether oxygens (including phenoxy) is 1. The molecule has 0 aliphatic carbocycles. The summed E-state index contributed by atoms with van der Waals surface area (Å²) in [6, 6.07) is 8.09. The second-order valence-corrected chi connectivity index (χ2v) is 4.08. The minimum atomic E-state index is 0.487. The van der Waals surface area contributed by atoms with E-state index in [0.29, 0.717) is 19.1 Å². The van der Waals surface area contributed by atoms with E-state index >= 15 is 0 Å². The van der Waals surface area contributed by atoms with Crippen molar-refractivity contribution in [3.05, 3.63) is 35.4 Å². The van der Waals surface area contributed by atoms with E-state index in [2.05, 4.69) is 26.0 Å². The van der Waals surface area contributed by atoms with Crippen LogP contribution in [0.15, 0.2) is 29.8 Å². The number of nitrogens with two attached hydrogens (primary N) is 1. The highest BCUT2D eigenvalue weighted by molar-refractivity contribution is 5.55. The molecule has 16 heavy (non-hydrogen) atoms. The Bertz CT molecular complexity index is 356. The van der Waals surface area contributed by atoms with Crippen LogP contribution in [-0.2, 0) is 0 Å². The van der Waals surface area contributed by atoms with Gasteiger partial charge in [0.1, 0.15) is 5.75 Å². The molecule has 0 fully saturated rings. The smallest absolute Gasteiger partial charge is 0.119 e. The second kappa shape index (κ2) is 6.33. The Morgan fingerprint density at radius 1 is 1.44 bits per heavy atom. The summed E-state index contributed by atoms with van der Waals surface area (Å²) in [5.41, 5.74) is 8.13. The molecule has 0 aromatic heterocycles. The summed E-state index contributed by atoms with van der Waals surface area (Å²) in [5, 5.41) is 0. The van der Waals surface area contributed by atoms with Gasteiger partial charge in [-0.1, -0.05) is 37.6 Å². The van der Waals surface area contributed by atoms with Crippen LogP contribution in [0.1, 0.15) is 26.3 Å². The van der Waals surface area contributed by atoms with E-state index in [-0.39, 0.29) is 0 Å². The maximum absolute atomic E-state index is 5.72. The van der Waals surface area contributed by atoms with E-state index < -0.39 is 0 Å².